The van der Waals surface area contributed by atoms with E-state index in [1.807, 2.05) is 0 Å². The number of nitrogens with one attached hydrogen (secondary N) is 1. The number of alkyl halides is 3. The zero-order chi connectivity index (χ0) is 29.4. The van der Waals surface area contributed by atoms with Crippen LogP contribution < -0.4 is 15.0 Å². The Morgan fingerprint density at radius 3 is 2.42 bits per heavy atom. The predicted octanol–water partition coefficient (Wildman–Crippen LogP) is 5.77. The van der Waals surface area contributed by atoms with Crippen molar-refractivity contribution in [3.63, 3.8) is 0 Å². The highest BCUT2D eigenvalue weighted by Crippen LogP contribution is 2.39. The first-order valence-electron chi connectivity index (χ1n) is 11.8. The Labute approximate surface area is 227 Å². The average molecular weight is 553 g/mol. The van der Waals surface area contributed by atoms with Gasteiger partial charge in [-0.15, -0.1) is 0 Å². The van der Waals surface area contributed by atoms with E-state index in [0.717, 1.165) is 12.1 Å². The van der Waals surface area contributed by atoms with Gasteiger partial charge in [-0.25, -0.2) is 14.5 Å². The highest BCUT2D eigenvalue weighted by atomic mass is 19.4. The minimum atomic E-state index is -4.87. The zero-order valence-corrected chi connectivity index (χ0v) is 21.5. The Balaban J connectivity index is 1.67. The lowest BCUT2D eigenvalue weighted by Gasteiger charge is -2.28. The van der Waals surface area contributed by atoms with Crippen molar-refractivity contribution in [3.8, 4) is 11.8 Å². The Morgan fingerprint density at radius 1 is 1.10 bits per heavy atom. The first-order chi connectivity index (χ1) is 18.8. The number of anilines is 3. The lowest BCUT2D eigenvalue weighted by Crippen LogP contribution is -2.43. The maximum Gasteiger partial charge on any atom is 0.417 e. The van der Waals surface area contributed by atoms with E-state index in [1.54, 1.807) is 30.3 Å². The van der Waals surface area contributed by atoms with Crippen LogP contribution in [0.3, 0.4) is 0 Å². The van der Waals surface area contributed by atoms with E-state index >= 15 is 0 Å². The standard InChI is InChI=1S/C28H23F3N4O5/c1-27(2)25(38)35(19-10-8-16(14-32)21(13-19)28(29,30)31)26(39)34(27)15-17-6-4-5-7-22(17)33-18-9-11-23(40-3)20(12-18)24(36)37/h4-13,33H,15H2,1-3H3,(H,36,37). The molecule has 3 aromatic rings. The molecule has 9 nitrogen and oxygen atoms in total. The number of para-hydroxylation sites is 1. The van der Waals surface area contributed by atoms with Crippen molar-refractivity contribution in [3.05, 3.63) is 82.9 Å². The number of nitriles is 1. The normalized spacial score (nSPS) is 14.7. The summed E-state index contributed by atoms with van der Waals surface area (Å²) in [5.41, 5.74) is -2.18. The third kappa shape index (κ3) is 5.01. The van der Waals surface area contributed by atoms with E-state index < -0.39 is 40.7 Å². The van der Waals surface area contributed by atoms with Gasteiger partial charge >= 0.3 is 18.2 Å². The fourth-order valence-corrected chi connectivity index (χ4v) is 4.39. The van der Waals surface area contributed by atoms with E-state index in [-0.39, 0.29) is 23.5 Å². The number of imide groups is 1. The second-order valence-electron chi connectivity index (χ2n) is 9.41. The first-order valence-corrected chi connectivity index (χ1v) is 11.8. The number of amides is 3. The van der Waals surface area contributed by atoms with Crippen molar-refractivity contribution in [2.75, 3.05) is 17.3 Å². The van der Waals surface area contributed by atoms with Gasteiger partial charge in [-0.1, -0.05) is 18.2 Å². The molecule has 0 unspecified atom stereocenters. The minimum Gasteiger partial charge on any atom is -0.496 e. The molecule has 0 aliphatic carbocycles. The van der Waals surface area contributed by atoms with Gasteiger partial charge in [0.2, 0.25) is 0 Å². The molecular formula is C28H23F3N4O5. The van der Waals surface area contributed by atoms with Crippen molar-refractivity contribution in [2.45, 2.75) is 32.1 Å². The predicted molar refractivity (Wildman–Crippen MR) is 138 cm³/mol. The van der Waals surface area contributed by atoms with Gasteiger partial charge in [-0.2, -0.15) is 18.4 Å². The average Bonchev–Trinajstić information content (AvgIpc) is 3.07. The van der Waals surface area contributed by atoms with Crippen molar-refractivity contribution >= 4 is 35.0 Å². The Bertz CT molecular complexity index is 1560. The number of halogens is 3. The molecule has 0 aromatic heterocycles. The maximum atomic E-state index is 13.6. The van der Waals surface area contributed by atoms with Gasteiger partial charge in [-0.3, -0.25) is 4.79 Å². The summed E-state index contributed by atoms with van der Waals surface area (Å²) in [6.45, 7) is 2.88. The molecule has 3 aromatic carbocycles. The number of carboxylic acids is 1. The molecule has 0 atom stereocenters. The van der Waals surface area contributed by atoms with Gasteiger partial charge < -0.3 is 20.1 Å². The van der Waals surface area contributed by atoms with Crippen molar-refractivity contribution in [2.24, 2.45) is 0 Å². The SMILES string of the molecule is COc1ccc(Nc2ccccc2CN2C(=O)N(c3ccc(C#N)c(C(F)(F)F)c3)C(=O)C2(C)C)cc1C(=O)O. The molecule has 1 saturated heterocycles. The summed E-state index contributed by atoms with van der Waals surface area (Å²) in [7, 11) is 1.35. The summed E-state index contributed by atoms with van der Waals surface area (Å²) in [6.07, 6.45) is -4.87. The molecule has 40 heavy (non-hydrogen) atoms. The van der Waals surface area contributed by atoms with Crippen LogP contribution in [0.15, 0.2) is 60.7 Å². The number of methoxy groups -OCH3 is 1. The molecule has 2 N–H and O–H groups in total. The van der Waals surface area contributed by atoms with E-state index in [9.17, 15) is 32.7 Å². The van der Waals surface area contributed by atoms with E-state index in [2.05, 4.69) is 5.32 Å². The summed E-state index contributed by atoms with van der Waals surface area (Å²) < 4.78 is 45.7. The number of carbonyl (C=O) groups is 3. The smallest absolute Gasteiger partial charge is 0.417 e. The third-order valence-corrected chi connectivity index (χ3v) is 6.57. The largest absolute Gasteiger partial charge is 0.496 e. The number of hydrogen-bond acceptors (Lipinski definition) is 6. The molecule has 12 heteroatoms. The summed E-state index contributed by atoms with van der Waals surface area (Å²) in [4.78, 5) is 40.3. The van der Waals surface area contributed by atoms with Crippen LogP contribution in [0.4, 0.5) is 35.0 Å². The number of hydrogen-bond donors (Lipinski definition) is 2. The fourth-order valence-electron chi connectivity index (χ4n) is 4.39. The summed E-state index contributed by atoms with van der Waals surface area (Å²) in [5.74, 6) is -1.75. The molecule has 206 valence electrons. The highest BCUT2D eigenvalue weighted by molar-refractivity contribution is 6.23. The molecule has 1 aliphatic rings. The lowest BCUT2D eigenvalue weighted by atomic mass is 10.0. The van der Waals surface area contributed by atoms with Crippen LogP contribution in [0.2, 0.25) is 0 Å². The van der Waals surface area contributed by atoms with Gasteiger partial charge in [0, 0.05) is 11.4 Å². The van der Waals surface area contributed by atoms with Gasteiger partial charge in [0.25, 0.3) is 5.91 Å². The lowest BCUT2D eigenvalue weighted by molar-refractivity contribution is -0.137. The number of benzene rings is 3. The number of carboxylic acid groups (broad SMARTS) is 1. The third-order valence-electron chi connectivity index (χ3n) is 6.57. The first kappa shape index (κ1) is 28.0. The monoisotopic (exact) mass is 552 g/mol. The number of rotatable bonds is 7. The minimum absolute atomic E-state index is 0.0669. The van der Waals surface area contributed by atoms with Crippen LogP contribution in [0.5, 0.6) is 5.75 Å². The molecule has 1 fully saturated rings. The molecule has 0 saturated carbocycles. The Morgan fingerprint density at radius 2 is 1.80 bits per heavy atom. The highest BCUT2D eigenvalue weighted by Gasteiger charge is 2.52. The molecule has 3 amide bonds. The van der Waals surface area contributed by atoms with Crippen LogP contribution >= 0.6 is 0 Å². The second-order valence-corrected chi connectivity index (χ2v) is 9.41. The molecule has 4 rings (SSSR count). The van der Waals surface area contributed by atoms with Crippen LogP contribution in [-0.4, -0.2) is 40.6 Å². The summed E-state index contributed by atoms with van der Waals surface area (Å²) in [6, 6.07) is 14.6. The van der Waals surface area contributed by atoms with Crippen LogP contribution in [0, 0.1) is 11.3 Å². The maximum absolute atomic E-state index is 13.6. The number of nitrogens with zero attached hydrogens (tertiary/aromatic N) is 3. The molecule has 0 spiro atoms. The summed E-state index contributed by atoms with van der Waals surface area (Å²) >= 11 is 0. The topological polar surface area (TPSA) is 123 Å². The second kappa shape index (κ2) is 10.3. The number of carbonyl (C=O) groups excluding carboxylic acids is 2. The Hall–Kier alpha value is -5.05. The van der Waals surface area contributed by atoms with Crippen molar-refractivity contribution in [1.29, 1.82) is 5.26 Å². The molecule has 1 aliphatic heterocycles. The molecule has 0 bridgehead atoms. The van der Waals surface area contributed by atoms with Crippen molar-refractivity contribution in [1.82, 2.24) is 4.90 Å². The van der Waals surface area contributed by atoms with Crippen LogP contribution in [-0.2, 0) is 17.5 Å². The van der Waals surface area contributed by atoms with E-state index in [1.165, 1.54) is 44.1 Å². The van der Waals surface area contributed by atoms with Crippen molar-refractivity contribution < 1.29 is 37.4 Å². The van der Waals surface area contributed by atoms with Crippen LogP contribution in [0.1, 0.15) is 40.9 Å². The van der Waals surface area contributed by atoms with E-state index in [4.69, 9.17) is 10.00 Å². The fraction of sp³-hybridized carbons (Fsp3) is 0.214. The number of ether oxygens (including phenoxy) is 1. The molecular weight excluding hydrogens is 529 g/mol. The molecule has 0 radical (unpaired) electrons. The quantitative estimate of drug-likeness (QED) is 0.357. The van der Waals surface area contributed by atoms with Gasteiger partial charge in [0.15, 0.2) is 0 Å². The summed E-state index contributed by atoms with van der Waals surface area (Å²) in [5, 5.41) is 21.7. The van der Waals surface area contributed by atoms with E-state index in [0.29, 0.717) is 27.9 Å². The Kier molecular flexibility index (Phi) is 7.17. The van der Waals surface area contributed by atoms with Gasteiger partial charge in [0.05, 0.1) is 36.5 Å². The van der Waals surface area contributed by atoms with Crippen LogP contribution in [0.25, 0.3) is 0 Å². The van der Waals surface area contributed by atoms with Gasteiger partial charge in [0.1, 0.15) is 16.9 Å². The zero-order valence-electron chi connectivity index (χ0n) is 21.5. The number of aromatic carboxylic acids is 1. The molecule has 1 heterocycles. The number of urea groups is 1. The van der Waals surface area contributed by atoms with Gasteiger partial charge in [-0.05, 0) is 61.9 Å².